The Kier molecular flexibility index (Phi) is 3.18. The number of carbonyl (C=O) groups is 1. The zero-order valence-corrected chi connectivity index (χ0v) is 10.0. The van der Waals surface area contributed by atoms with Crippen LogP contribution < -0.4 is 0 Å². The minimum Gasteiger partial charge on any atom is -0.341 e. The smallest absolute Gasteiger partial charge is 0.243 e. The van der Waals surface area contributed by atoms with Gasteiger partial charge in [-0.1, -0.05) is 26.2 Å². The molecule has 1 unspecified atom stereocenters. The van der Waals surface area contributed by atoms with E-state index in [1.54, 1.807) is 0 Å². The number of nitrogens with zero attached hydrogens (tertiary/aromatic N) is 2. The Morgan fingerprint density at radius 3 is 2.56 bits per heavy atom. The van der Waals surface area contributed by atoms with Crippen LogP contribution in [0.25, 0.3) is 0 Å². The third-order valence-electron chi connectivity index (χ3n) is 4.04. The molecular weight excluding hydrogens is 200 g/mol. The van der Waals surface area contributed by atoms with E-state index in [2.05, 4.69) is 13.0 Å². The molecule has 0 aromatic rings. The maximum absolute atomic E-state index is 12.4. The van der Waals surface area contributed by atoms with Crippen LogP contribution in [0.5, 0.6) is 0 Å². The minimum absolute atomic E-state index is 0.110. The fourth-order valence-electron chi connectivity index (χ4n) is 2.95. The van der Waals surface area contributed by atoms with Crippen molar-refractivity contribution in [2.24, 2.45) is 11.3 Å². The maximum Gasteiger partial charge on any atom is 0.243 e. The summed E-state index contributed by atoms with van der Waals surface area (Å²) in [4.78, 5) is 14.3. The number of amides is 1. The first kappa shape index (κ1) is 11.4. The number of nitriles is 1. The van der Waals surface area contributed by atoms with Gasteiger partial charge >= 0.3 is 0 Å². The molecule has 1 saturated carbocycles. The van der Waals surface area contributed by atoms with E-state index in [9.17, 15) is 10.1 Å². The van der Waals surface area contributed by atoms with E-state index in [0.29, 0.717) is 5.92 Å². The SMILES string of the molecule is CC1CCN(C(=O)C2(C#N)CCCCC2)C1. The highest BCUT2D eigenvalue weighted by atomic mass is 16.2. The van der Waals surface area contributed by atoms with Gasteiger partial charge in [0.2, 0.25) is 5.91 Å². The van der Waals surface area contributed by atoms with Crippen LogP contribution in [-0.2, 0) is 4.79 Å². The molecule has 2 fully saturated rings. The third-order valence-corrected chi connectivity index (χ3v) is 4.04. The van der Waals surface area contributed by atoms with Crippen LogP contribution in [0.1, 0.15) is 45.4 Å². The van der Waals surface area contributed by atoms with Gasteiger partial charge in [0.1, 0.15) is 5.41 Å². The summed E-state index contributed by atoms with van der Waals surface area (Å²) < 4.78 is 0. The lowest BCUT2D eigenvalue weighted by atomic mass is 9.74. The normalized spacial score (nSPS) is 28.8. The van der Waals surface area contributed by atoms with Crippen LogP contribution in [0.2, 0.25) is 0 Å². The zero-order chi connectivity index (χ0) is 11.6. The fourth-order valence-corrected chi connectivity index (χ4v) is 2.95. The first-order valence-electron chi connectivity index (χ1n) is 6.38. The molecule has 2 aliphatic rings. The predicted molar refractivity (Wildman–Crippen MR) is 61.5 cm³/mol. The third kappa shape index (κ3) is 1.93. The molecule has 0 bridgehead atoms. The fraction of sp³-hybridized carbons (Fsp3) is 0.846. The van der Waals surface area contributed by atoms with Crippen LogP contribution >= 0.6 is 0 Å². The average molecular weight is 220 g/mol. The number of hydrogen-bond acceptors (Lipinski definition) is 2. The molecule has 0 aromatic heterocycles. The molecular formula is C13H20N2O. The van der Waals surface area contributed by atoms with Gasteiger partial charge in [0, 0.05) is 13.1 Å². The summed E-state index contributed by atoms with van der Waals surface area (Å²) in [5.41, 5.74) is -0.678. The van der Waals surface area contributed by atoms with Crippen molar-refractivity contribution in [2.75, 3.05) is 13.1 Å². The van der Waals surface area contributed by atoms with E-state index in [1.165, 1.54) is 6.42 Å². The highest BCUT2D eigenvalue weighted by Crippen LogP contribution is 2.38. The number of rotatable bonds is 1. The quantitative estimate of drug-likeness (QED) is 0.680. The van der Waals surface area contributed by atoms with Gasteiger partial charge in [0.05, 0.1) is 6.07 Å². The van der Waals surface area contributed by atoms with E-state index in [-0.39, 0.29) is 5.91 Å². The van der Waals surface area contributed by atoms with Crippen LogP contribution in [-0.4, -0.2) is 23.9 Å². The van der Waals surface area contributed by atoms with Crippen molar-refractivity contribution < 1.29 is 4.79 Å². The van der Waals surface area contributed by atoms with Crippen LogP contribution in [0.3, 0.4) is 0 Å². The van der Waals surface area contributed by atoms with Gasteiger partial charge in [-0.3, -0.25) is 4.79 Å². The second kappa shape index (κ2) is 4.45. The number of carbonyl (C=O) groups excluding carboxylic acids is 1. The molecule has 1 aliphatic carbocycles. The second-order valence-electron chi connectivity index (χ2n) is 5.40. The number of hydrogen-bond donors (Lipinski definition) is 0. The molecule has 1 amide bonds. The second-order valence-corrected chi connectivity index (χ2v) is 5.40. The highest BCUT2D eigenvalue weighted by molar-refractivity contribution is 5.85. The van der Waals surface area contributed by atoms with Crippen LogP contribution in [0, 0.1) is 22.7 Å². The Balaban J connectivity index is 2.09. The summed E-state index contributed by atoms with van der Waals surface area (Å²) in [5, 5.41) is 9.34. The van der Waals surface area contributed by atoms with Gasteiger partial charge in [-0.25, -0.2) is 0 Å². The Labute approximate surface area is 97.4 Å². The first-order valence-corrected chi connectivity index (χ1v) is 6.38. The number of likely N-dealkylation sites (tertiary alicyclic amines) is 1. The van der Waals surface area contributed by atoms with Crippen LogP contribution in [0.4, 0.5) is 0 Å². The van der Waals surface area contributed by atoms with Gasteiger partial charge in [-0.15, -0.1) is 0 Å². The Bertz CT molecular complexity index is 312. The van der Waals surface area contributed by atoms with Crippen molar-refractivity contribution in [2.45, 2.75) is 45.4 Å². The van der Waals surface area contributed by atoms with E-state index >= 15 is 0 Å². The molecule has 0 aromatic carbocycles. The van der Waals surface area contributed by atoms with E-state index in [1.807, 2.05) is 4.90 Å². The van der Waals surface area contributed by atoms with Crippen molar-refractivity contribution in [3.63, 3.8) is 0 Å². The molecule has 16 heavy (non-hydrogen) atoms. The summed E-state index contributed by atoms with van der Waals surface area (Å²) >= 11 is 0. The highest BCUT2D eigenvalue weighted by Gasteiger charge is 2.43. The van der Waals surface area contributed by atoms with Gasteiger partial charge < -0.3 is 4.90 Å². The standard InChI is InChI=1S/C13H20N2O/c1-11-5-8-15(9-11)12(16)13(10-14)6-3-2-4-7-13/h11H,2-9H2,1H3. The Morgan fingerprint density at radius 2 is 2.06 bits per heavy atom. The predicted octanol–water partition coefficient (Wildman–Crippen LogP) is 2.33. The van der Waals surface area contributed by atoms with Crippen molar-refractivity contribution in [1.82, 2.24) is 4.90 Å². The maximum atomic E-state index is 12.4. The van der Waals surface area contributed by atoms with E-state index in [4.69, 9.17) is 0 Å². The lowest BCUT2D eigenvalue weighted by molar-refractivity contribution is -0.139. The molecule has 1 aliphatic heterocycles. The summed E-state index contributed by atoms with van der Waals surface area (Å²) in [7, 11) is 0. The molecule has 3 nitrogen and oxygen atoms in total. The average Bonchev–Trinajstić information content (AvgIpc) is 2.76. The molecule has 0 spiro atoms. The molecule has 1 heterocycles. The van der Waals surface area contributed by atoms with Crippen molar-refractivity contribution in [3.05, 3.63) is 0 Å². The zero-order valence-electron chi connectivity index (χ0n) is 10.0. The van der Waals surface area contributed by atoms with E-state index in [0.717, 1.165) is 45.2 Å². The first-order chi connectivity index (χ1) is 7.68. The molecule has 1 saturated heterocycles. The van der Waals surface area contributed by atoms with Gasteiger partial charge in [-0.05, 0) is 25.2 Å². The van der Waals surface area contributed by atoms with Crippen molar-refractivity contribution >= 4 is 5.91 Å². The molecule has 0 N–H and O–H groups in total. The van der Waals surface area contributed by atoms with Gasteiger partial charge in [0.15, 0.2) is 0 Å². The monoisotopic (exact) mass is 220 g/mol. The summed E-state index contributed by atoms with van der Waals surface area (Å²) in [6, 6.07) is 2.32. The topological polar surface area (TPSA) is 44.1 Å². The Hall–Kier alpha value is -1.04. The van der Waals surface area contributed by atoms with Gasteiger partial charge in [0.25, 0.3) is 0 Å². The molecule has 1 atom stereocenters. The summed E-state index contributed by atoms with van der Waals surface area (Å²) in [6.45, 7) is 3.87. The molecule has 88 valence electrons. The van der Waals surface area contributed by atoms with E-state index < -0.39 is 5.41 Å². The largest absolute Gasteiger partial charge is 0.341 e. The lowest BCUT2D eigenvalue weighted by Crippen LogP contribution is -2.43. The van der Waals surface area contributed by atoms with Crippen LogP contribution in [0.15, 0.2) is 0 Å². The van der Waals surface area contributed by atoms with Crippen molar-refractivity contribution in [3.8, 4) is 6.07 Å². The Morgan fingerprint density at radius 1 is 1.38 bits per heavy atom. The molecule has 0 radical (unpaired) electrons. The minimum atomic E-state index is -0.678. The molecule has 3 heteroatoms. The molecule has 2 rings (SSSR count). The summed E-state index contributed by atoms with van der Waals surface area (Å²) in [6.07, 6.45) is 5.87. The van der Waals surface area contributed by atoms with Crippen molar-refractivity contribution in [1.29, 1.82) is 5.26 Å². The lowest BCUT2D eigenvalue weighted by Gasteiger charge is -2.33. The summed E-state index contributed by atoms with van der Waals surface area (Å²) in [5.74, 6) is 0.710. The van der Waals surface area contributed by atoms with Gasteiger partial charge in [-0.2, -0.15) is 5.26 Å².